The highest BCUT2D eigenvalue weighted by Crippen LogP contribution is 2.50. The average molecular weight is 437 g/mol. The van der Waals surface area contributed by atoms with Gasteiger partial charge in [-0.25, -0.2) is 0 Å². The molecule has 3 nitrogen and oxygen atoms in total. The Balaban J connectivity index is 2.46. The van der Waals surface area contributed by atoms with Crippen LogP contribution in [0.3, 0.4) is 0 Å². The first kappa shape index (κ1) is 23.3. The molecule has 1 N–H and O–H groups in total. The Morgan fingerprint density at radius 2 is 1.55 bits per heavy atom. The zero-order valence-corrected chi connectivity index (χ0v) is 14.7. The second kappa shape index (κ2) is 7.69. The normalized spacial score (nSPS) is 16.4. The second-order valence-corrected chi connectivity index (χ2v) is 6.67. The van der Waals surface area contributed by atoms with Crippen molar-refractivity contribution >= 4 is 11.6 Å². The maximum absolute atomic E-state index is 13.1. The topological polar surface area (TPSA) is 40.5 Å². The third-order valence-corrected chi connectivity index (χ3v) is 4.61. The van der Waals surface area contributed by atoms with E-state index >= 15 is 0 Å². The molecule has 0 aliphatic carbocycles. The monoisotopic (exact) mass is 437 g/mol. The highest BCUT2D eigenvalue weighted by Gasteiger charge is 2.71. The van der Waals surface area contributed by atoms with E-state index in [1.165, 1.54) is 0 Å². The van der Waals surface area contributed by atoms with Gasteiger partial charge in [0, 0.05) is 24.2 Å². The first-order valence-electron chi connectivity index (χ1n) is 8.44. The van der Waals surface area contributed by atoms with Crippen LogP contribution in [0.1, 0.15) is 36.8 Å². The van der Waals surface area contributed by atoms with Gasteiger partial charge < -0.3 is 10.0 Å². The summed E-state index contributed by atoms with van der Waals surface area (Å²) < 4.78 is 116. The van der Waals surface area contributed by atoms with Crippen LogP contribution in [0.5, 0.6) is 0 Å². The molecule has 1 aromatic carbocycles. The molecule has 0 saturated heterocycles. The number of carbonyl (C=O) groups excluding carboxylic acids is 1. The Bertz CT molecular complexity index is 739. The van der Waals surface area contributed by atoms with E-state index in [9.17, 15) is 49.4 Å². The van der Waals surface area contributed by atoms with Gasteiger partial charge in [0.05, 0.1) is 6.42 Å². The molecular formula is C17H16F9NO2. The Hall–Kier alpha value is -1.98. The third kappa shape index (κ3) is 4.78. The highest BCUT2D eigenvalue weighted by atomic mass is 19.4. The van der Waals surface area contributed by atoms with Crippen LogP contribution in [0.4, 0.5) is 45.2 Å². The lowest BCUT2D eigenvalue weighted by Gasteiger charge is -2.33. The van der Waals surface area contributed by atoms with Gasteiger partial charge in [-0.1, -0.05) is 12.1 Å². The maximum Gasteiger partial charge on any atom is 0.430 e. The second-order valence-electron chi connectivity index (χ2n) is 6.67. The van der Waals surface area contributed by atoms with Gasteiger partial charge in [-0.15, -0.1) is 0 Å². The average Bonchev–Trinajstić information content (AvgIpc) is 2.78. The van der Waals surface area contributed by atoms with Gasteiger partial charge in [-0.2, -0.15) is 39.5 Å². The van der Waals surface area contributed by atoms with E-state index in [1.807, 2.05) is 0 Å². The molecule has 0 unspecified atom stereocenters. The van der Waals surface area contributed by atoms with E-state index in [2.05, 4.69) is 0 Å². The zero-order valence-electron chi connectivity index (χ0n) is 14.7. The van der Waals surface area contributed by atoms with Crippen molar-refractivity contribution in [3.8, 4) is 0 Å². The predicted octanol–water partition coefficient (Wildman–Crippen LogP) is 5.01. The molecule has 1 heterocycles. The standard InChI is InChI=1S/C17H16F9NO2/c18-14(19,20)7-6-13(28)27-8-2-1-3-10-9-11(4-5-12(10)27)15(29,16(21,22)23)17(24,25)26/h4-5,9,29H,1-3,6-8H2. The molecule has 164 valence electrons. The third-order valence-electron chi connectivity index (χ3n) is 4.61. The maximum atomic E-state index is 13.1. The Kier molecular flexibility index (Phi) is 6.18. The summed E-state index contributed by atoms with van der Waals surface area (Å²) in [6.45, 7) is -0.0220. The SMILES string of the molecule is O=C(CCC(F)(F)F)N1CCCCc2cc(C(O)(C(F)(F)F)C(F)(F)F)ccc21. The fourth-order valence-electron chi connectivity index (χ4n) is 3.11. The molecule has 29 heavy (non-hydrogen) atoms. The van der Waals surface area contributed by atoms with E-state index in [0.717, 1.165) is 11.0 Å². The van der Waals surface area contributed by atoms with E-state index in [0.29, 0.717) is 18.6 Å². The molecule has 0 atom stereocenters. The number of alkyl halides is 9. The molecule has 0 fully saturated rings. The Morgan fingerprint density at radius 1 is 0.966 bits per heavy atom. The molecule has 0 saturated carbocycles. The molecule has 1 aliphatic rings. The highest BCUT2D eigenvalue weighted by molar-refractivity contribution is 5.94. The molecule has 1 aromatic rings. The van der Waals surface area contributed by atoms with Crippen LogP contribution in [0, 0.1) is 0 Å². The van der Waals surface area contributed by atoms with Gasteiger partial charge in [0.1, 0.15) is 0 Å². The van der Waals surface area contributed by atoms with E-state index in [1.54, 1.807) is 0 Å². The van der Waals surface area contributed by atoms with Crippen LogP contribution in [0.15, 0.2) is 18.2 Å². The van der Waals surface area contributed by atoms with Crippen LogP contribution >= 0.6 is 0 Å². The number of amides is 1. The van der Waals surface area contributed by atoms with Gasteiger partial charge in [0.2, 0.25) is 5.91 Å². The minimum atomic E-state index is -6.06. The van der Waals surface area contributed by atoms with Crippen LogP contribution in [0.2, 0.25) is 0 Å². The molecule has 0 bridgehead atoms. The summed E-state index contributed by atoms with van der Waals surface area (Å²) in [5.41, 5.74) is -6.75. The van der Waals surface area contributed by atoms with Crippen LogP contribution in [0.25, 0.3) is 0 Å². The van der Waals surface area contributed by atoms with Crippen molar-refractivity contribution in [2.45, 2.75) is 56.2 Å². The smallest absolute Gasteiger partial charge is 0.369 e. The summed E-state index contributed by atoms with van der Waals surface area (Å²) in [6.07, 6.45) is -18.4. The Labute approximate surface area is 159 Å². The number of halogens is 9. The predicted molar refractivity (Wildman–Crippen MR) is 83.0 cm³/mol. The van der Waals surface area contributed by atoms with Crippen molar-refractivity contribution < 1.29 is 49.4 Å². The first-order chi connectivity index (χ1) is 13.1. The number of nitrogens with zero attached hydrogens (tertiary/aromatic N) is 1. The number of hydrogen-bond donors (Lipinski definition) is 1. The number of anilines is 1. The van der Waals surface area contributed by atoms with Crippen molar-refractivity contribution in [3.05, 3.63) is 29.3 Å². The van der Waals surface area contributed by atoms with E-state index in [-0.39, 0.29) is 30.6 Å². The van der Waals surface area contributed by atoms with Gasteiger partial charge >= 0.3 is 18.5 Å². The van der Waals surface area contributed by atoms with Crippen molar-refractivity contribution in [1.82, 2.24) is 0 Å². The molecule has 2 rings (SSSR count). The van der Waals surface area contributed by atoms with Gasteiger partial charge in [-0.3, -0.25) is 4.79 Å². The summed E-state index contributed by atoms with van der Waals surface area (Å²) in [5, 5.41) is 9.52. The molecule has 0 aromatic heterocycles. The number of benzene rings is 1. The van der Waals surface area contributed by atoms with Crippen molar-refractivity contribution in [2.75, 3.05) is 11.4 Å². The van der Waals surface area contributed by atoms with Gasteiger partial charge in [-0.05, 0) is 30.9 Å². The van der Waals surface area contributed by atoms with E-state index < -0.39 is 48.4 Å². The molecule has 12 heteroatoms. The first-order valence-corrected chi connectivity index (χ1v) is 8.44. The minimum Gasteiger partial charge on any atom is -0.369 e. The number of rotatable bonds is 3. The molecule has 1 aliphatic heterocycles. The van der Waals surface area contributed by atoms with Gasteiger partial charge in [0.25, 0.3) is 5.60 Å². The lowest BCUT2D eigenvalue weighted by Crippen LogP contribution is -2.54. The number of aliphatic hydroxyl groups is 1. The van der Waals surface area contributed by atoms with Crippen LogP contribution in [-0.2, 0) is 16.8 Å². The lowest BCUT2D eigenvalue weighted by atomic mass is 9.89. The van der Waals surface area contributed by atoms with Crippen molar-refractivity contribution in [2.24, 2.45) is 0 Å². The fourth-order valence-corrected chi connectivity index (χ4v) is 3.11. The molecule has 0 radical (unpaired) electrons. The molecule has 0 spiro atoms. The number of carbonyl (C=O) groups is 1. The largest absolute Gasteiger partial charge is 0.430 e. The number of hydrogen-bond acceptors (Lipinski definition) is 2. The summed E-state index contributed by atoms with van der Waals surface area (Å²) >= 11 is 0. The quantitative estimate of drug-likeness (QED) is 0.676. The van der Waals surface area contributed by atoms with Crippen molar-refractivity contribution in [1.29, 1.82) is 0 Å². The summed E-state index contributed by atoms with van der Waals surface area (Å²) in [7, 11) is 0. The van der Waals surface area contributed by atoms with Crippen LogP contribution in [-0.4, -0.2) is 36.1 Å². The van der Waals surface area contributed by atoms with Crippen LogP contribution < -0.4 is 4.90 Å². The summed E-state index contributed by atoms with van der Waals surface area (Å²) in [4.78, 5) is 13.1. The lowest BCUT2D eigenvalue weighted by molar-refractivity contribution is -0.376. The molecular weight excluding hydrogens is 421 g/mol. The number of fused-ring (bicyclic) bond motifs is 1. The Morgan fingerprint density at radius 3 is 2.07 bits per heavy atom. The number of aryl methyl sites for hydroxylation is 1. The van der Waals surface area contributed by atoms with Gasteiger partial charge in [0.15, 0.2) is 0 Å². The van der Waals surface area contributed by atoms with Crippen molar-refractivity contribution in [3.63, 3.8) is 0 Å². The molecule has 1 amide bonds. The summed E-state index contributed by atoms with van der Waals surface area (Å²) in [6, 6.07) is 1.69. The fraction of sp³-hybridized carbons (Fsp3) is 0.588. The van der Waals surface area contributed by atoms with E-state index in [4.69, 9.17) is 0 Å². The zero-order chi connectivity index (χ0) is 22.3. The minimum absolute atomic E-state index is 0.00197. The summed E-state index contributed by atoms with van der Waals surface area (Å²) in [5.74, 6) is -0.944.